The molecule has 3 aromatic carbocycles. The van der Waals surface area contributed by atoms with Crippen molar-refractivity contribution in [1.82, 2.24) is 5.32 Å². The fourth-order valence-electron chi connectivity index (χ4n) is 3.05. The first-order valence-corrected chi connectivity index (χ1v) is 11.8. The summed E-state index contributed by atoms with van der Waals surface area (Å²) in [6, 6.07) is 25.9. The van der Waals surface area contributed by atoms with E-state index in [-0.39, 0.29) is 0 Å². The van der Waals surface area contributed by atoms with Crippen LogP contribution in [0.1, 0.15) is 27.7 Å². The van der Waals surface area contributed by atoms with Crippen molar-refractivity contribution in [2.24, 2.45) is 0 Å². The summed E-state index contributed by atoms with van der Waals surface area (Å²) in [5, 5.41) is 14.9. The van der Waals surface area contributed by atoms with Crippen LogP contribution in [-0.2, 0) is 9.53 Å². The summed E-state index contributed by atoms with van der Waals surface area (Å²) < 4.78 is 5.20. The van der Waals surface area contributed by atoms with Crippen LogP contribution in [0.15, 0.2) is 88.7 Å². The largest absolute Gasteiger partial charge is 0.444 e. The van der Waals surface area contributed by atoms with Gasteiger partial charge in [-0.15, -0.1) is 0 Å². The highest BCUT2D eigenvalue weighted by atomic mass is 32.2. The van der Waals surface area contributed by atoms with Crippen LogP contribution in [0.5, 0.6) is 0 Å². The van der Waals surface area contributed by atoms with Gasteiger partial charge >= 0.3 is 6.09 Å². The lowest BCUT2D eigenvalue weighted by molar-refractivity contribution is -0.123. The highest BCUT2D eigenvalue weighted by molar-refractivity contribution is 7.99. The molecule has 6 nitrogen and oxygen atoms in total. The Hall–Kier alpha value is -3.29. The molecule has 0 aliphatic heterocycles. The molecule has 0 unspecified atom stereocenters. The van der Waals surface area contributed by atoms with Crippen LogP contribution < -0.4 is 10.6 Å². The van der Waals surface area contributed by atoms with Crippen LogP contribution in [0.2, 0.25) is 0 Å². The van der Waals surface area contributed by atoms with E-state index >= 15 is 0 Å². The number of anilines is 1. The quantitative estimate of drug-likeness (QED) is 0.404. The van der Waals surface area contributed by atoms with Gasteiger partial charge in [0.25, 0.3) is 5.91 Å². The van der Waals surface area contributed by atoms with Crippen LogP contribution in [-0.4, -0.2) is 34.9 Å². The van der Waals surface area contributed by atoms with Crippen LogP contribution in [0.25, 0.3) is 11.1 Å². The van der Waals surface area contributed by atoms with Crippen molar-refractivity contribution in [2.45, 2.75) is 48.6 Å². The van der Waals surface area contributed by atoms with Crippen LogP contribution in [0.3, 0.4) is 0 Å². The lowest BCUT2D eigenvalue weighted by Gasteiger charge is -2.29. The van der Waals surface area contributed by atoms with Crippen molar-refractivity contribution < 1.29 is 19.4 Å². The Balaban J connectivity index is 1.60. The summed E-state index contributed by atoms with van der Waals surface area (Å²) in [4.78, 5) is 26.9. The maximum atomic E-state index is 12.7. The number of carbonyl (C=O) groups excluding carboxylic acids is 2. The monoisotopic (exact) mass is 478 g/mol. The molecule has 3 N–H and O–H groups in total. The Morgan fingerprint density at radius 3 is 1.88 bits per heavy atom. The smallest absolute Gasteiger partial charge is 0.408 e. The van der Waals surface area contributed by atoms with Gasteiger partial charge in [-0.2, -0.15) is 0 Å². The van der Waals surface area contributed by atoms with Crippen molar-refractivity contribution in [2.75, 3.05) is 11.9 Å². The maximum absolute atomic E-state index is 12.7. The minimum Gasteiger partial charge on any atom is -0.444 e. The zero-order chi connectivity index (χ0) is 24.8. The number of alkyl carbamates (subject to hydrolysis) is 1. The third-order valence-electron chi connectivity index (χ3n) is 4.90. The Morgan fingerprint density at radius 2 is 1.35 bits per heavy atom. The van der Waals surface area contributed by atoms with Gasteiger partial charge in [0.05, 0.1) is 6.61 Å². The molecule has 0 bridgehead atoms. The number of rotatable bonds is 7. The maximum Gasteiger partial charge on any atom is 0.408 e. The molecule has 7 heteroatoms. The predicted octanol–water partition coefficient (Wildman–Crippen LogP) is 5.72. The van der Waals surface area contributed by atoms with E-state index in [4.69, 9.17) is 4.74 Å². The van der Waals surface area contributed by atoms with E-state index in [0.717, 1.165) is 15.4 Å². The topological polar surface area (TPSA) is 87.7 Å². The Morgan fingerprint density at radius 1 is 0.824 bits per heavy atom. The van der Waals surface area contributed by atoms with Gasteiger partial charge in [-0.3, -0.25) is 4.79 Å². The molecular weight excluding hydrogens is 448 g/mol. The van der Waals surface area contributed by atoms with Crippen molar-refractivity contribution >= 4 is 29.4 Å². The molecule has 0 radical (unpaired) electrons. The summed E-state index contributed by atoms with van der Waals surface area (Å²) >= 11 is 1.62. The number of amides is 2. The van der Waals surface area contributed by atoms with E-state index in [2.05, 4.69) is 47.0 Å². The lowest BCUT2D eigenvalue weighted by Crippen LogP contribution is -2.58. The van der Waals surface area contributed by atoms with Gasteiger partial charge < -0.3 is 20.5 Å². The summed E-state index contributed by atoms with van der Waals surface area (Å²) in [5.74, 6) is -0.544. The van der Waals surface area contributed by atoms with E-state index in [1.807, 2.05) is 30.3 Å². The summed E-state index contributed by atoms with van der Waals surface area (Å²) in [6.45, 7) is 6.03. The molecule has 0 saturated heterocycles. The van der Waals surface area contributed by atoms with Gasteiger partial charge in [-0.05, 0) is 75.2 Å². The second kappa shape index (κ2) is 10.8. The van der Waals surface area contributed by atoms with Gasteiger partial charge in [0.2, 0.25) is 0 Å². The number of aliphatic hydroxyl groups is 1. The zero-order valence-corrected chi connectivity index (χ0v) is 20.6. The molecule has 0 aromatic heterocycles. The number of nitrogens with one attached hydrogen (secondary N) is 2. The average molecular weight is 479 g/mol. The SMILES string of the molecule is CC(C)(C)OC(=O)N[C@@](C)(CO)C(=O)Nc1ccc(Sc2ccc(-c3ccccc3)cc2)cc1. The summed E-state index contributed by atoms with van der Waals surface area (Å²) in [6.07, 6.45) is -0.774. The number of hydrogen-bond donors (Lipinski definition) is 3. The minimum atomic E-state index is -1.53. The fraction of sp³-hybridized carbons (Fsp3) is 0.259. The van der Waals surface area contributed by atoms with E-state index in [0.29, 0.717) is 5.69 Å². The lowest BCUT2D eigenvalue weighted by atomic mass is 10.0. The first-order valence-electron chi connectivity index (χ1n) is 10.9. The van der Waals surface area contributed by atoms with Crippen molar-refractivity contribution in [1.29, 1.82) is 0 Å². The molecule has 3 rings (SSSR count). The normalized spacial score (nSPS) is 13.0. The second-order valence-corrected chi connectivity index (χ2v) is 10.2. The van der Waals surface area contributed by atoms with E-state index in [1.165, 1.54) is 12.5 Å². The third-order valence-corrected chi connectivity index (χ3v) is 5.92. The molecule has 3 aromatic rings. The minimum absolute atomic E-state index is 0.544. The molecule has 178 valence electrons. The van der Waals surface area contributed by atoms with Gasteiger partial charge in [0.1, 0.15) is 11.1 Å². The first-order chi connectivity index (χ1) is 16.1. The zero-order valence-electron chi connectivity index (χ0n) is 19.8. The molecule has 0 saturated carbocycles. The van der Waals surface area contributed by atoms with Crippen molar-refractivity contribution in [3.05, 3.63) is 78.9 Å². The fourth-order valence-corrected chi connectivity index (χ4v) is 3.87. The summed E-state index contributed by atoms with van der Waals surface area (Å²) in [5.41, 5.74) is 0.646. The number of hydrogen-bond acceptors (Lipinski definition) is 5. The Labute approximate surface area is 204 Å². The first kappa shape index (κ1) is 25.3. The van der Waals surface area contributed by atoms with Crippen LogP contribution >= 0.6 is 11.8 Å². The van der Waals surface area contributed by atoms with E-state index < -0.39 is 29.7 Å². The predicted molar refractivity (Wildman–Crippen MR) is 136 cm³/mol. The Bertz CT molecular complexity index is 1110. The number of carbonyl (C=O) groups is 2. The van der Waals surface area contributed by atoms with Gasteiger partial charge in [0.15, 0.2) is 0 Å². The number of aliphatic hydroxyl groups excluding tert-OH is 1. The second-order valence-electron chi connectivity index (χ2n) is 9.09. The summed E-state index contributed by atoms with van der Waals surface area (Å²) in [7, 11) is 0. The molecular formula is C27H30N2O4S. The van der Waals surface area contributed by atoms with Crippen molar-refractivity contribution in [3.63, 3.8) is 0 Å². The van der Waals surface area contributed by atoms with Crippen LogP contribution in [0.4, 0.5) is 10.5 Å². The molecule has 0 spiro atoms. The molecule has 1 atom stereocenters. The van der Waals surface area contributed by atoms with Gasteiger partial charge in [-0.25, -0.2) is 4.79 Å². The number of ether oxygens (including phenoxy) is 1. The number of benzene rings is 3. The molecule has 34 heavy (non-hydrogen) atoms. The molecule has 2 amide bonds. The molecule has 0 fully saturated rings. The van der Waals surface area contributed by atoms with Gasteiger partial charge in [-0.1, -0.05) is 54.2 Å². The molecule has 0 heterocycles. The van der Waals surface area contributed by atoms with E-state index in [9.17, 15) is 14.7 Å². The Kier molecular flexibility index (Phi) is 8.02. The highest BCUT2D eigenvalue weighted by Crippen LogP contribution is 2.30. The average Bonchev–Trinajstić information content (AvgIpc) is 2.80. The molecule has 0 aliphatic rings. The third kappa shape index (κ3) is 7.10. The van der Waals surface area contributed by atoms with Crippen molar-refractivity contribution in [3.8, 4) is 11.1 Å². The highest BCUT2D eigenvalue weighted by Gasteiger charge is 2.36. The van der Waals surface area contributed by atoms with Gasteiger partial charge in [0, 0.05) is 15.5 Å². The van der Waals surface area contributed by atoms with E-state index in [1.54, 1.807) is 44.7 Å². The van der Waals surface area contributed by atoms with Crippen LogP contribution in [0, 0.1) is 0 Å². The standard InChI is InChI=1S/C27H30N2O4S/c1-26(2,3)33-25(32)29-27(4,18-30)24(31)28-21-12-16-23(17-13-21)34-22-14-10-20(11-15-22)19-8-6-5-7-9-19/h5-17,30H,18H2,1-4H3,(H,28,31)(H,29,32)/t27-/m0/s1. The molecule has 0 aliphatic carbocycles.